The fraction of sp³-hybridized carbons (Fsp3) is 0.222. The van der Waals surface area contributed by atoms with Crippen molar-refractivity contribution < 1.29 is 5.11 Å². The van der Waals surface area contributed by atoms with Crippen molar-refractivity contribution in [3.63, 3.8) is 0 Å². The van der Waals surface area contributed by atoms with Crippen molar-refractivity contribution in [1.29, 1.82) is 0 Å². The van der Waals surface area contributed by atoms with Crippen LogP contribution in [-0.4, -0.2) is 15.1 Å². The molecule has 0 bridgehead atoms. The van der Waals surface area contributed by atoms with E-state index in [-0.39, 0.29) is 16.6 Å². The number of pyridine rings is 2. The van der Waals surface area contributed by atoms with Gasteiger partial charge in [0.2, 0.25) is 0 Å². The van der Waals surface area contributed by atoms with E-state index in [4.69, 9.17) is 9.97 Å². The van der Waals surface area contributed by atoms with Gasteiger partial charge in [-0.05, 0) is 135 Å². The van der Waals surface area contributed by atoms with Crippen LogP contribution in [0.3, 0.4) is 0 Å². The number of para-hydroxylation sites is 1. The minimum atomic E-state index is -0.701. The Labute approximate surface area is 337 Å². The van der Waals surface area contributed by atoms with Gasteiger partial charge in [-0.3, -0.25) is 4.98 Å². The summed E-state index contributed by atoms with van der Waals surface area (Å²) in [6, 6.07) is 46.2. The smallest absolute Gasteiger partial charge is 0.124 e. The van der Waals surface area contributed by atoms with Gasteiger partial charge in [-0.2, -0.15) is 0 Å². The van der Waals surface area contributed by atoms with Crippen LogP contribution in [0.5, 0.6) is 5.75 Å². The van der Waals surface area contributed by atoms with Crippen LogP contribution in [0, 0.1) is 20.8 Å². The summed E-state index contributed by atoms with van der Waals surface area (Å²) in [5.74, 6) is 0.214. The summed E-state index contributed by atoms with van der Waals surface area (Å²) < 4.78 is 0. The zero-order valence-corrected chi connectivity index (χ0v) is 34.5. The molecule has 0 aliphatic heterocycles. The van der Waals surface area contributed by atoms with E-state index in [9.17, 15) is 5.11 Å². The molecule has 0 saturated heterocycles. The van der Waals surface area contributed by atoms with Gasteiger partial charge in [0.25, 0.3) is 0 Å². The van der Waals surface area contributed by atoms with Gasteiger partial charge in [0.1, 0.15) is 5.75 Å². The van der Waals surface area contributed by atoms with Crippen LogP contribution in [0.1, 0.15) is 91.7 Å². The fourth-order valence-corrected chi connectivity index (χ4v) is 9.46. The third-order valence-electron chi connectivity index (χ3n) is 12.3. The number of benzene rings is 6. The Morgan fingerprint density at radius 1 is 0.544 bits per heavy atom. The molecule has 0 unspecified atom stereocenters. The lowest BCUT2D eigenvalue weighted by Gasteiger charge is -2.34. The number of aryl methyl sites for hydroxylation is 3. The molecule has 6 aromatic carbocycles. The Bertz CT molecular complexity index is 2820. The first-order valence-corrected chi connectivity index (χ1v) is 20.1. The van der Waals surface area contributed by atoms with Crippen LogP contribution in [-0.2, 0) is 16.2 Å². The van der Waals surface area contributed by atoms with Crippen molar-refractivity contribution in [2.45, 2.75) is 78.6 Å². The van der Waals surface area contributed by atoms with Crippen molar-refractivity contribution >= 4 is 21.7 Å². The molecule has 57 heavy (non-hydrogen) atoms. The Balaban J connectivity index is 1.44. The lowest BCUT2D eigenvalue weighted by molar-refractivity contribution is 0.477. The van der Waals surface area contributed by atoms with E-state index in [0.717, 1.165) is 44.2 Å². The standard InChI is InChI=1S/C54H50N2O/c1-32-26-33(2)50(34(3)27-32)44-31-47(42-14-10-11-15-48(42)57)56-51-41(44)22-18-35-17-19-38(28-43(35)51)54(49-16-12-13-25-55-49)45-29-36(52(4,5)6)20-23-39(45)40-24-21-37(30-46(40)54)53(7,8)9/h10-31,57H,1-9H3. The number of hydrogen-bond donors (Lipinski definition) is 1. The van der Waals surface area contributed by atoms with E-state index < -0.39 is 5.41 Å². The van der Waals surface area contributed by atoms with E-state index in [1.165, 1.54) is 55.6 Å². The monoisotopic (exact) mass is 742 g/mol. The van der Waals surface area contributed by atoms with Crippen LogP contribution in [0.4, 0.5) is 0 Å². The molecule has 3 heteroatoms. The topological polar surface area (TPSA) is 46.0 Å². The summed E-state index contributed by atoms with van der Waals surface area (Å²) in [6.45, 7) is 20.3. The molecule has 0 fully saturated rings. The fourth-order valence-electron chi connectivity index (χ4n) is 9.46. The predicted molar refractivity (Wildman–Crippen MR) is 238 cm³/mol. The molecule has 282 valence electrons. The summed E-state index contributed by atoms with van der Waals surface area (Å²) in [4.78, 5) is 10.7. The third-order valence-corrected chi connectivity index (χ3v) is 12.3. The Hall–Kier alpha value is -6.06. The van der Waals surface area contributed by atoms with Gasteiger partial charge >= 0.3 is 0 Å². The van der Waals surface area contributed by atoms with Gasteiger partial charge in [0.05, 0.1) is 22.3 Å². The molecule has 1 N–H and O–H groups in total. The number of hydrogen-bond acceptors (Lipinski definition) is 3. The van der Waals surface area contributed by atoms with E-state index >= 15 is 0 Å². The molecule has 0 saturated carbocycles. The first kappa shape index (κ1) is 36.6. The average molecular weight is 743 g/mol. The number of fused-ring (bicyclic) bond motifs is 6. The van der Waals surface area contributed by atoms with Crippen LogP contribution in [0.15, 0.2) is 134 Å². The van der Waals surface area contributed by atoms with E-state index in [0.29, 0.717) is 5.56 Å². The number of aromatic hydroxyl groups is 1. The number of phenols is 1. The van der Waals surface area contributed by atoms with Crippen molar-refractivity contribution in [3.8, 4) is 39.3 Å². The zero-order chi connectivity index (χ0) is 40.0. The lowest BCUT2D eigenvalue weighted by Crippen LogP contribution is -2.30. The zero-order valence-electron chi connectivity index (χ0n) is 34.5. The molecular weight excluding hydrogens is 693 g/mol. The van der Waals surface area contributed by atoms with Gasteiger partial charge in [-0.15, -0.1) is 0 Å². The molecule has 0 amide bonds. The van der Waals surface area contributed by atoms with E-state index in [1.807, 2.05) is 30.5 Å². The highest BCUT2D eigenvalue weighted by molar-refractivity contribution is 6.12. The van der Waals surface area contributed by atoms with E-state index in [1.54, 1.807) is 6.07 Å². The molecule has 2 aromatic heterocycles. The minimum Gasteiger partial charge on any atom is -0.507 e. The van der Waals surface area contributed by atoms with Gasteiger partial charge in [0.15, 0.2) is 0 Å². The highest BCUT2D eigenvalue weighted by atomic mass is 16.3. The molecule has 1 aliphatic rings. The molecule has 0 atom stereocenters. The second kappa shape index (κ2) is 13.0. The van der Waals surface area contributed by atoms with Gasteiger partial charge in [0, 0.05) is 22.5 Å². The SMILES string of the molecule is Cc1cc(C)c(-c2cc(-c3ccccc3O)nc3c2ccc2ccc(C4(c5ccccn5)c5cc(C(C)(C)C)ccc5-c5ccc(C(C)(C)C)cc54)cc23)c(C)c1. The van der Waals surface area contributed by atoms with Crippen molar-refractivity contribution in [1.82, 2.24) is 9.97 Å². The lowest BCUT2D eigenvalue weighted by atomic mass is 9.68. The largest absolute Gasteiger partial charge is 0.507 e. The highest BCUT2D eigenvalue weighted by Gasteiger charge is 2.48. The second-order valence-electron chi connectivity index (χ2n) is 18.2. The summed E-state index contributed by atoms with van der Waals surface area (Å²) in [7, 11) is 0. The maximum absolute atomic E-state index is 11.2. The average Bonchev–Trinajstić information content (AvgIpc) is 3.47. The van der Waals surface area contributed by atoms with Crippen molar-refractivity contribution in [3.05, 3.63) is 184 Å². The Morgan fingerprint density at radius 2 is 1.16 bits per heavy atom. The van der Waals surface area contributed by atoms with E-state index in [2.05, 4.69) is 159 Å². The third kappa shape index (κ3) is 5.78. The Morgan fingerprint density at radius 3 is 1.75 bits per heavy atom. The first-order valence-electron chi connectivity index (χ1n) is 20.1. The van der Waals surface area contributed by atoms with Crippen LogP contribution < -0.4 is 0 Å². The summed E-state index contributed by atoms with van der Waals surface area (Å²) in [6.07, 6.45) is 1.94. The van der Waals surface area contributed by atoms with Crippen molar-refractivity contribution in [2.24, 2.45) is 0 Å². The highest BCUT2D eigenvalue weighted by Crippen LogP contribution is 2.57. The van der Waals surface area contributed by atoms with Crippen LogP contribution >= 0.6 is 0 Å². The minimum absolute atomic E-state index is 0.0538. The quantitative estimate of drug-likeness (QED) is 0.183. The molecule has 1 aliphatic carbocycles. The van der Waals surface area contributed by atoms with Crippen LogP contribution in [0.25, 0.3) is 55.2 Å². The number of nitrogens with zero attached hydrogens (tertiary/aromatic N) is 2. The molecular formula is C54H50N2O. The maximum atomic E-state index is 11.2. The van der Waals surface area contributed by atoms with Crippen LogP contribution in [0.2, 0.25) is 0 Å². The summed E-state index contributed by atoms with van der Waals surface area (Å²) in [5, 5.41) is 14.5. The first-order chi connectivity index (χ1) is 27.2. The maximum Gasteiger partial charge on any atom is 0.124 e. The summed E-state index contributed by atoms with van der Waals surface area (Å²) >= 11 is 0. The molecule has 2 heterocycles. The number of rotatable bonds is 4. The van der Waals surface area contributed by atoms with Gasteiger partial charge < -0.3 is 5.11 Å². The van der Waals surface area contributed by atoms with Gasteiger partial charge in [-0.1, -0.05) is 138 Å². The Kier molecular flexibility index (Phi) is 8.34. The molecule has 0 radical (unpaired) electrons. The molecule has 0 spiro atoms. The second-order valence-corrected chi connectivity index (χ2v) is 18.2. The van der Waals surface area contributed by atoms with Crippen molar-refractivity contribution in [2.75, 3.05) is 0 Å². The molecule has 8 aromatic rings. The van der Waals surface area contributed by atoms with Gasteiger partial charge in [-0.25, -0.2) is 4.98 Å². The molecule has 3 nitrogen and oxygen atoms in total. The molecule has 9 rings (SSSR count). The number of aromatic nitrogens is 2. The summed E-state index contributed by atoms with van der Waals surface area (Å²) in [5.41, 5.74) is 17.3. The predicted octanol–water partition coefficient (Wildman–Crippen LogP) is 13.7. The number of phenolic OH excluding ortho intramolecular Hbond substituents is 1. The normalized spacial score (nSPS) is 13.6.